The molecule has 206 valence electrons. The smallest absolute Gasteiger partial charge is 0.373 e. The average Bonchev–Trinajstić information content (AvgIpc) is 3.39. The summed E-state index contributed by atoms with van der Waals surface area (Å²) in [6.07, 6.45) is 9.28. The summed E-state index contributed by atoms with van der Waals surface area (Å²) in [7, 11) is 2.05. The summed E-state index contributed by atoms with van der Waals surface area (Å²) in [5, 5.41) is 10.7. The van der Waals surface area contributed by atoms with E-state index in [1.165, 1.54) is 35.6 Å². The first kappa shape index (κ1) is 27.2. The minimum atomic E-state index is -4.09. The number of thiocarbonyl (C=S) groups is 1. The number of benzene rings is 1. The van der Waals surface area contributed by atoms with E-state index >= 15 is 0 Å². The van der Waals surface area contributed by atoms with Crippen molar-refractivity contribution < 1.29 is 13.2 Å². The number of halogens is 3. The number of alkyl halides is 3. The second-order valence-corrected chi connectivity index (χ2v) is 11.5. The normalized spacial score (nSPS) is 20.8. The van der Waals surface area contributed by atoms with Gasteiger partial charge < -0.3 is 14.8 Å². The summed E-state index contributed by atoms with van der Waals surface area (Å²) in [6.45, 7) is 3.41. The second-order valence-electron chi connectivity index (χ2n) is 11.1. The fourth-order valence-electron chi connectivity index (χ4n) is 6.08. The summed E-state index contributed by atoms with van der Waals surface area (Å²) < 4.78 is 41.1. The minimum absolute atomic E-state index is 0.0862. The lowest BCUT2D eigenvalue weighted by Gasteiger charge is -2.31. The topological polar surface area (TPSA) is 38.0 Å². The summed E-state index contributed by atoms with van der Waals surface area (Å²) in [4.78, 5) is 3.40. The molecular weight excluding hydrogens is 507 g/mol. The van der Waals surface area contributed by atoms with E-state index in [0.717, 1.165) is 67.5 Å². The molecular formula is C29H38F3N5S. The van der Waals surface area contributed by atoms with E-state index in [2.05, 4.69) is 50.5 Å². The van der Waals surface area contributed by atoms with Crippen LogP contribution in [-0.4, -0.2) is 56.1 Å². The molecule has 38 heavy (non-hydrogen) atoms. The maximum Gasteiger partial charge on any atom is 0.389 e. The van der Waals surface area contributed by atoms with Crippen LogP contribution in [0, 0.1) is 5.92 Å². The van der Waals surface area contributed by atoms with Crippen LogP contribution in [-0.2, 0) is 26.4 Å². The van der Waals surface area contributed by atoms with Gasteiger partial charge in [0.25, 0.3) is 0 Å². The summed E-state index contributed by atoms with van der Waals surface area (Å²) >= 11 is 5.80. The fourth-order valence-corrected chi connectivity index (χ4v) is 6.42. The van der Waals surface area contributed by atoms with Crippen molar-refractivity contribution in [2.75, 3.05) is 19.6 Å². The van der Waals surface area contributed by atoms with Crippen LogP contribution in [0.2, 0.25) is 0 Å². The van der Waals surface area contributed by atoms with Crippen molar-refractivity contribution in [1.29, 1.82) is 0 Å². The Balaban J connectivity index is 1.03. The lowest BCUT2D eigenvalue weighted by Crippen LogP contribution is -2.37. The molecule has 9 heteroatoms. The molecule has 0 saturated heterocycles. The maximum absolute atomic E-state index is 12.4. The SMILES string of the molecule is Cn1cc2cccc(C(=S)NC3CCC(CCN4CCc5cn(CCCC(F)(F)F)nc5CC4)CC3)c2c1. The number of aromatic nitrogens is 3. The van der Waals surface area contributed by atoms with Gasteiger partial charge in [0.1, 0.15) is 4.99 Å². The van der Waals surface area contributed by atoms with Crippen molar-refractivity contribution in [2.45, 2.75) is 76.6 Å². The second kappa shape index (κ2) is 11.8. The standard InChI is InChI=1S/C29H38F3N5S/c1-35-18-22-4-2-5-25(26(22)20-35)28(38)33-24-8-6-21(7-9-24)10-15-36-16-11-23-19-37(34-27(23)12-17-36)14-3-13-29(30,31)32/h2,4-5,18-21,24H,3,6-17H2,1H3,(H,33,38). The Morgan fingerprint density at radius 1 is 1.05 bits per heavy atom. The first-order chi connectivity index (χ1) is 18.2. The monoisotopic (exact) mass is 545 g/mol. The number of aryl methyl sites for hydroxylation is 2. The van der Waals surface area contributed by atoms with Crippen LogP contribution in [0.3, 0.4) is 0 Å². The minimum Gasteiger partial charge on any atom is -0.373 e. The van der Waals surface area contributed by atoms with Gasteiger partial charge in [0.05, 0.1) is 5.69 Å². The molecule has 1 aliphatic heterocycles. The van der Waals surface area contributed by atoms with Gasteiger partial charge in [-0.05, 0) is 63.0 Å². The molecule has 5 nitrogen and oxygen atoms in total. The molecule has 0 radical (unpaired) electrons. The number of rotatable bonds is 8. The summed E-state index contributed by atoms with van der Waals surface area (Å²) in [5.41, 5.74) is 3.39. The number of nitrogens with one attached hydrogen (secondary N) is 1. The predicted molar refractivity (Wildman–Crippen MR) is 149 cm³/mol. The van der Waals surface area contributed by atoms with Crippen molar-refractivity contribution in [3.63, 3.8) is 0 Å². The Kier molecular flexibility index (Phi) is 8.43. The molecule has 0 atom stereocenters. The molecule has 0 bridgehead atoms. The third-order valence-electron chi connectivity index (χ3n) is 8.23. The Morgan fingerprint density at radius 3 is 2.63 bits per heavy atom. The first-order valence-electron chi connectivity index (χ1n) is 13.9. The van der Waals surface area contributed by atoms with Gasteiger partial charge in [-0.2, -0.15) is 18.3 Å². The van der Waals surface area contributed by atoms with Crippen LogP contribution in [0.15, 0.2) is 36.8 Å². The van der Waals surface area contributed by atoms with Crippen LogP contribution < -0.4 is 5.32 Å². The third-order valence-corrected chi connectivity index (χ3v) is 8.57. The van der Waals surface area contributed by atoms with E-state index in [-0.39, 0.29) is 6.42 Å². The number of fused-ring (bicyclic) bond motifs is 2. The van der Waals surface area contributed by atoms with E-state index in [9.17, 15) is 13.2 Å². The fraction of sp³-hybridized carbons (Fsp3) is 0.586. The lowest BCUT2D eigenvalue weighted by molar-refractivity contribution is -0.136. The zero-order valence-electron chi connectivity index (χ0n) is 22.1. The Bertz CT molecular complexity index is 1210. The predicted octanol–water partition coefficient (Wildman–Crippen LogP) is 6.03. The molecule has 2 aromatic heterocycles. The van der Waals surface area contributed by atoms with E-state index in [0.29, 0.717) is 12.6 Å². The molecule has 1 saturated carbocycles. The first-order valence-corrected chi connectivity index (χ1v) is 14.3. The average molecular weight is 546 g/mol. The van der Waals surface area contributed by atoms with Crippen molar-refractivity contribution in [3.8, 4) is 0 Å². The maximum atomic E-state index is 12.4. The van der Waals surface area contributed by atoms with Gasteiger partial charge in [0.15, 0.2) is 0 Å². The summed E-state index contributed by atoms with van der Waals surface area (Å²) in [6, 6.07) is 6.77. The molecule has 1 N–H and O–H groups in total. The third kappa shape index (κ3) is 6.97. The molecule has 0 unspecified atom stereocenters. The quantitative estimate of drug-likeness (QED) is 0.351. The van der Waals surface area contributed by atoms with Crippen molar-refractivity contribution >= 4 is 28.0 Å². The Morgan fingerprint density at radius 2 is 1.84 bits per heavy atom. The van der Waals surface area contributed by atoms with Gasteiger partial charge in [-0.25, -0.2) is 0 Å². The van der Waals surface area contributed by atoms with Crippen LogP contribution in [0.4, 0.5) is 13.2 Å². The van der Waals surface area contributed by atoms with Crippen LogP contribution in [0.5, 0.6) is 0 Å². The van der Waals surface area contributed by atoms with E-state index in [4.69, 9.17) is 12.2 Å². The summed E-state index contributed by atoms with van der Waals surface area (Å²) in [5.74, 6) is 0.752. The van der Waals surface area contributed by atoms with Gasteiger partial charge >= 0.3 is 6.18 Å². The van der Waals surface area contributed by atoms with Crippen LogP contribution in [0.1, 0.15) is 61.8 Å². The Hall–Kier alpha value is -2.39. The van der Waals surface area contributed by atoms with Gasteiger partial charge in [0, 0.05) is 80.5 Å². The molecule has 3 aromatic rings. The van der Waals surface area contributed by atoms with Crippen molar-refractivity contribution in [1.82, 2.24) is 24.6 Å². The molecule has 2 aliphatic rings. The molecule has 1 fully saturated rings. The highest BCUT2D eigenvalue weighted by Crippen LogP contribution is 2.29. The lowest BCUT2D eigenvalue weighted by atomic mass is 9.84. The highest BCUT2D eigenvalue weighted by molar-refractivity contribution is 7.80. The van der Waals surface area contributed by atoms with E-state index < -0.39 is 12.6 Å². The number of hydrogen-bond acceptors (Lipinski definition) is 3. The van der Waals surface area contributed by atoms with Crippen LogP contribution >= 0.6 is 12.2 Å². The van der Waals surface area contributed by atoms with E-state index in [1.807, 2.05) is 13.2 Å². The number of nitrogens with zero attached hydrogens (tertiary/aromatic N) is 4. The zero-order chi connectivity index (χ0) is 26.7. The van der Waals surface area contributed by atoms with Crippen molar-refractivity contribution in [2.24, 2.45) is 13.0 Å². The highest BCUT2D eigenvalue weighted by atomic mass is 32.1. The molecule has 1 aliphatic carbocycles. The van der Waals surface area contributed by atoms with Gasteiger partial charge in [-0.1, -0.05) is 30.4 Å². The molecule has 1 aromatic carbocycles. The molecule has 5 rings (SSSR count). The largest absolute Gasteiger partial charge is 0.389 e. The van der Waals surface area contributed by atoms with Gasteiger partial charge in [-0.3, -0.25) is 4.68 Å². The van der Waals surface area contributed by atoms with E-state index in [1.54, 1.807) is 4.68 Å². The Labute approximate surface area is 228 Å². The number of hydrogen-bond donors (Lipinski definition) is 1. The molecule has 0 spiro atoms. The highest BCUT2D eigenvalue weighted by Gasteiger charge is 2.27. The molecule has 3 heterocycles. The van der Waals surface area contributed by atoms with Gasteiger partial charge in [0.2, 0.25) is 0 Å². The molecule has 0 amide bonds. The van der Waals surface area contributed by atoms with Crippen molar-refractivity contribution in [3.05, 3.63) is 53.6 Å². The van der Waals surface area contributed by atoms with Crippen LogP contribution in [0.25, 0.3) is 10.8 Å². The zero-order valence-corrected chi connectivity index (χ0v) is 23.0. The van der Waals surface area contributed by atoms with Gasteiger partial charge in [-0.15, -0.1) is 0 Å².